The Balaban J connectivity index is 1.89. The molecule has 1 aliphatic heterocycles. The topological polar surface area (TPSA) is 18.5 Å². The van der Waals surface area contributed by atoms with Crippen molar-refractivity contribution in [3.05, 3.63) is 70.3 Å². The molecule has 0 aliphatic carbocycles. The molecule has 2 aromatic rings. The van der Waals surface area contributed by atoms with Crippen LogP contribution in [0.2, 0.25) is 0 Å². The number of hydrogen-bond donors (Lipinski definition) is 0. The summed E-state index contributed by atoms with van der Waals surface area (Å²) in [6.45, 7) is 9.29. The average Bonchev–Trinajstić information content (AvgIpc) is 2.46. The summed E-state index contributed by atoms with van der Waals surface area (Å²) in [4.78, 5) is 0. The van der Waals surface area contributed by atoms with Gasteiger partial charge in [0.15, 0.2) is 0 Å². The highest BCUT2D eigenvalue weighted by Gasteiger charge is 2.16. The van der Waals surface area contributed by atoms with Crippen molar-refractivity contribution in [2.45, 2.75) is 52.6 Å². The van der Waals surface area contributed by atoms with Crippen molar-refractivity contribution in [2.75, 3.05) is 0 Å². The molecule has 0 unspecified atom stereocenters. The van der Waals surface area contributed by atoms with Crippen LogP contribution in [-0.2, 0) is 41.3 Å². The van der Waals surface area contributed by atoms with E-state index < -0.39 is 0 Å². The maximum Gasteiger partial charge on any atom is 0.0721 e. The molecule has 2 nitrogen and oxygen atoms in total. The van der Waals surface area contributed by atoms with Gasteiger partial charge in [-0.2, -0.15) is 0 Å². The summed E-state index contributed by atoms with van der Waals surface area (Å²) in [5.74, 6) is 0. The van der Waals surface area contributed by atoms with Gasteiger partial charge in [0.05, 0.1) is 26.4 Å². The van der Waals surface area contributed by atoms with Crippen LogP contribution >= 0.6 is 0 Å². The first kappa shape index (κ1) is 15.3. The zero-order chi connectivity index (χ0) is 15.6. The van der Waals surface area contributed by atoms with Crippen molar-refractivity contribution >= 4 is 0 Å². The molecule has 4 bridgehead atoms. The maximum absolute atomic E-state index is 5.91. The molecule has 1 heterocycles. The lowest BCUT2D eigenvalue weighted by Gasteiger charge is -2.22. The van der Waals surface area contributed by atoms with Crippen molar-refractivity contribution in [3.8, 4) is 0 Å². The smallest absolute Gasteiger partial charge is 0.0721 e. The quantitative estimate of drug-likeness (QED) is 0.699. The molecular weight excluding hydrogens is 272 g/mol. The first-order chi connectivity index (χ1) is 10.5. The fraction of sp³-hybridized carbons (Fsp3) is 0.400. The van der Waals surface area contributed by atoms with Crippen molar-refractivity contribution in [3.63, 3.8) is 0 Å². The van der Waals surface area contributed by atoms with E-state index in [2.05, 4.69) is 63.2 Å². The molecule has 3 rings (SSSR count). The molecule has 0 saturated carbocycles. The minimum atomic E-state index is 0.131. The lowest BCUT2D eigenvalue weighted by atomic mass is 9.85. The van der Waals surface area contributed by atoms with Gasteiger partial charge >= 0.3 is 0 Å². The lowest BCUT2D eigenvalue weighted by Crippen LogP contribution is -2.13. The van der Waals surface area contributed by atoms with Gasteiger partial charge in [-0.1, -0.05) is 63.2 Å². The number of benzene rings is 2. The van der Waals surface area contributed by atoms with Gasteiger partial charge in [-0.3, -0.25) is 0 Å². The minimum Gasteiger partial charge on any atom is -0.372 e. The van der Waals surface area contributed by atoms with E-state index in [4.69, 9.17) is 9.47 Å². The molecule has 2 aromatic carbocycles. The molecule has 22 heavy (non-hydrogen) atoms. The van der Waals surface area contributed by atoms with Crippen LogP contribution in [0.15, 0.2) is 42.5 Å². The highest BCUT2D eigenvalue weighted by atomic mass is 16.5. The van der Waals surface area contributed by atoms with Crippen LogP contribution in [0.5, 0.6) is 0 Å². The normalized spacial score (nSPS) is 15.8. The zero-order valence-corrected chi connectivity index (χ0v) is 13.7. The van der Waals surface area contributed by atoms with Gasteiger partial charge in [0.2, 0.25) is 0 Å². The third-order valence-electron chi connectivity index (χ3n) is 3.98. The summed E-state index contributed by atoms with van der Waals surface area (Å²) in [6.07, 6.45) is 0. The zero-order valence-electron chi connectivity index (χ0n) is 13.7. The Bertz CT molecular complexity index is 609. The first-order valence-corrected chi connectivity index (χ1v) is 7.87. The molecule has 0 atom stereocenters. The Labute approximate surface area is 133 Å². The van der Waals surface area contributed by atoms with Gasteiger partial charge in [-0.05, 0) is 33.2 Å². The highest BCUT2D eigenvalue weighted by molar-refractivity contribution is 5.34. The van der Waals surface area contributed by atoms with Crippen molar-refractivity contribution in [2.24, 2.45) is 0 Å². The molecular formula is C20H24O2. The Morgan fingerprint density at radius 3 is 1.64 bits per heavy atom. The largest absolute Gasteiger partial charge is 0.372 e. The molecule has 0 fully saturated rings. The Morgan fingerprint density at radius 2 is 1.14 bits per heavy atom. The molecule has 0 radical (unpaired) electrons. The van der Waals surface area contributed by atoms with Gasteiger partial charge < -0.3 is 9.47 Å². The summed E-state index contributed by atoms with van der Waals surface area (Å²) in [5.41, 5.74) is 6.32. The summed E-state index contributed by atoms with van der Waals surface area (Å²) in [6, 6.07) is 15.2. The Hall–Kier alpha value is -1.64. The molecule has 0 amide bonds. The molecule has 0 spiro atoms. The van der Waals surface area contributed by atoms with E-state index in [9.17, 15) is 0 Å². The fourth-order valence-corrected chi connectivity index (χ4v) is 2.74. The second-order valence-electron chi connectivity index (χ2n) is 7.09. The predicted octanol–water partition coefficient (Wildman–Crippen LogP) is 4.73. The van der Waals surface area contributed by atoms with Crippen molar-refractivity contribution in [1.82, 2.24) is 0 Å². The summed E-state index contributed by atoms with van der Waals surface area (Å²) < 4.78 is 11.8. The first-order valence-electron chi connectivity index (χ1n) is 7.87. The number of ether oxygens (including phenoxy) is 2. The third-order valence-corrected chi connectivity index (χ3v) is 3.98. The van der Waals surface area contributed by atoms with Crippen LogP contribution in [-0.4, -0.2) is 0 Å². The second-order valence-corrected chi connectivity index (χ2v) is 7.09. The van der Waals surface area contributed by atoms with Crippen molar-refractivity contribution < 1.29 is 9.47 Å². The SMILES string of the molecule is CC(C)(C)c1cc2cc(c1)COCc1cccc(c1)COC2. The third kappa shape index (κ3) is 3.76. The fourth-order valence-electron chi connectivity index (χ4n) is 2.74. The van der Waals surface area contributed by atoms with E-state index in [-0.39, 0.29) is 5.41 Å². The molecule has 0 N–H and O–H groups in total. The molecule has 2 heteroatoms. The Morgan fingerprint density at radius 1 is 0.682 bits per heavy atom. The molecule has 1 aliphatic rings. The standard InChI is InChI=1S/C20H24O2/c1-20(2,3)19-9-17-8-18(10-19)14-22-12-16-6-4-5-15(7-16)11-21-13-17/h4-10H,11-14H2,1-3H3. The molecule has 0 aromatic heterocycles. The van der Waals surface area contributed by atoms with Crippen LogP contribution in [0.25, 0.3) is 0 Å². The van der Waals surface area contributed by atoms with Gasteiger partial charge in [0.1, 0.15) is 0 Å². The summed E-state index contributed by atoms with van der Waals surface area (Å²) in [5, 5.41) is 0. The summed E-state index contributed by atoms with van der Waals surface area (Å²) >= 11 is 0. The van der Waals surface area contributed by atoms with Crippen LogP contribution in [0, 0.1) is 0 Å². The minimum absolute atomic E-state index is 0.131. The summed E-state index contributed by atoms with van der Waals surface area (Å²) in [7, 11) is 0. The van der Waals surface area contributed by atoms with E-state index in [1.54, 1.807) is 0 Å². The van der Waals surface area contributed by atoms with Crippen LogP contribution in [0.3, 0.4) is 0 Å². The predicted molar refractivity (Wildman–Crippen MR) is 88.6 cm³/mol. The number of rotatable bonds is 0. The van der Waals surface area contributed by atoms with Crippen molar-refractivity contribution in [1.29, 1.82) is 0 Å². The maximum atomic E-state index is 5.91. The van der Waals surface area contributed by atoms with E-state index in [0.717, 1.165) is 0 Å². The molecule has 116 valence electrons. The average molecular weight is 296 g/mol. The van der Waals surface area contributed by atoms with E-state index >= 15 is 0 Å². The van der Waals surface area contributed by atoms with Gasteiger partial charge in [0, 0.05) is 0 Å². The molecule has 0 saturated heterocycles. The van der Waals surface area contributed by atoms with Crippen LogP contribution < -0.4 is 0 Å². The number of hydrogen-bond acceptors (Lipinski definition) is 2. The van der Waals surface area contributed by atoms with Crippen LogP contribution in [0.4, 0.5) is 0 Å². The van der Waals surface area contributed by atoms with E-state index in [1.807, 2.05) is 0 Å². The van der Waals surface area contributed by atoms with E-state index in [0.29, 0.717) is 26.4 Å². The second kappa shape index (κ2) is 6.23. The number of fused-ring (bicyclic) bond motifs is 4. The Kier molecular flexibility index (Phi) is 4.32. The van der Waals surface area contributed by atoms with Crippen LogP contribution in [0.1, 0.15) is 48.6 Å². The highest BCUT2D eigenvalue weighted by Crippen LogP contribution is 2.26. The van der Waals surface area contributed by atoms with Gasteiger partial charge in [-0.15, -0.1) is 0 Å². The van der Waals surface area contributed by atoms with Gasteiger partial charge in [0.25, 0.3) is 0 Å². The lowest BCUT2D eigenvalue weighted by molar-refractivity contribution is 0.0991. The van der Waals surface area contributed by atoms with Gasteiger partial charge in [-0.25, -0.2) is 0 Å². The monoisotopic (exact) mass is 296 g/mol. The van der Waals surface area contributed by atoms with E-state index in [1.165, 1.54) is 27.8 Å².